The molecule has 0 saturated carbocycles. The normalized spacial score (nSPS) is 10.5. The Hall–Kier alpha value is -2.38. The Bertz CT molecular complexity index is 553. The lowest BCUT2D eigenvalue weighted by Crippen LogP contribution is -2.43. The van der Waals surface area contributed by atoms with Crippen molar-refractivity contribution >= 4 is 17.8 Å². The number of hydrogen-bond donors (Lipinski definition) is 0. The van der Waals surface area contributed by atoms with E-state index < -0.39 is 24.3 Å². The number of imidazole rings is 1. The van der Waals surface area contributed by atoms with Gasteiger partial charge in [-0.3, -0.25) is 9.59 Å². The fraction of sp³-hybridized carbons (Fsp3) is 0.600. The van der Waals surface area contributed by atoms with Crippen LogP contribution in [0, 0.1) is 5.92 Å². The van der Waals surface area contributed by atoms with Crippen LogP contribution >= 0.6 is 0 Å². The van der Waals surface area contributed by atoms with Crippen LogP contribution < -0.4 is 5.01 Å². The molecule has 1 heterocycles. The first-order chi connectivity index (χ1) is 10.9. The van der Waals surface area contributed by atoms with Gasteiger partial charge < -0.3 is 9.47 Å². The highest BCUT2D eigenvalue weighted by molar-refractivity contribution is 6.00. The number of aromatic nitrogens is 2. The number of amides is 1. The maximum atomic E-state index is 12.4. The van der Waals surface area contributed by atoms with Crippen molar-refractivity contribution in [2.45, 2.75) is 33.6 Å². The number of hydrogen-bond acceptors (Lipinski definition) is 6. The summed E-state index contributed by atoms with van der Waals surface area (Å²) >= 11 is 0. The molecule has 0 saturated heterocycles. The summed E-state index contributed by atoms with van der Waals surface area (Å²) in [5.74, 6) is -1.34. The molecule has 0 aliphatic heterocycles. The van der Waals surface area contributed by atoms with E-state index in [9.17, 15) is 14.4 Å². The van der Waals surface area contributed by atoms with E-state index in [-0.39, 0.29) is 12.3 Å². The molecule has 128 valence electrons. The molecular formula is C15H23N3O5. The first-order valence-electron chi connectivity index (χ1n) is 7.47. The fourth-order valence-electron chi connectivity index (χ4n) is 1.89. The van der Waals surface area contributed by atoms with Gasteiger partial charge in [-0.15, -0.1) is 0 Å². The van der Waals surface area contributed by atoms with Gasteiger partial charge in [0.15, 0.2) is 5.69 Å². The highest BCUT2D eigenvalue weighted by Crippen LogP contribution is 2.09. The lowest BCUT2D eigenvalue weighted by Gasteiger charge is -2.25. The predicted molar refractivity (Wildman–Crippen MR) is 82.4 cm³/mol. The van der Waals surface area contributed by atoms with Crippen LogP contribution in [0.3, 0.4) is 0 Å². The van der Waals surface area contributed by atoms with E-state index in [1.807, 2.05) is 13.8 Å². The van der Waals surface area contributed by atoms with Crippen molar-refractivity contribution in [3.05, 3.63) is 18.2 Å². The topological polar surface area (TPSA) is 90.7 Å². The summed E-state index contributed by atoms with van der Waals surface area (Å²) in [7, 11) is 1.25. The second-order valence-corrected chi connectivity index (χ2v) is 5.30. The van der Waals surface area contributed by atoms with Gasteiger partial charge in [-0.05, 0) is 19.3 Å². The molecule has 0 aliphatic rings. The Morgan fingerprint density at radius 3 is 2.61 bits per heavy atom. The quantitative estimate of drug-likeness (QED) is 0.526. The van der Waals surface area contributed by atoms with Crippen LogP contribution in [0.5, 0.6) is 0 Å². The standard InChI is InChI=1S/C15H23N3O5/c1-5-23-14(20)8-13(19)17(7-6-11(2)3)18-10-16-9-12(18)15(21)22-4/h9-11H,5-8H2,1-4H3. The van der Waals surface area contributed by atoms with Crippen molar-refractivity contribution in [1.29, 1.82) is 0 Å². The summed E-state index contributed by atoms with van der Waals surface area (Å²) < 4.78 is 10.8. The number of rotatable bonds is 8. The molecule has 0 radical (unpaired) electrons. The summed E-state index contributed by atoms with van der Waals surface area (Å²) in [5.41, 5.74) is 0.119. The molecule has 1 amide bonds. The second kappa shape index (κ2) is 8.92. The van der Waals surface area contributed by atoms with Crippen LogP contribution in [-0.4, -0.2) is 47.8 Å². The molecule has 0 aliphatic carbocycles. The number of carbonyl (C=O) groups is 3. The summed E-state index contributed by atoms with van der Waals surface area (Å²) in [6.45, 7) is 6.25. The van der Waals surface area contributed by atoms with Crippen LogP contribution in [0.15, 0.2) is 12.5 Å². The van der Waals surface area contributed by atoms with Gasteiger partial charge in [0.25, 0.3) is 5.91 Å². The van der Waals surface area contributed by atoms with Crippen LogP contribution in [0.2, 0.25) is 0 Å². The van der Waals surface area contributed by atoms with Crippen molar-refractivity contribution in [1.82, 2.24) is 9.66 Å². The zero-order valence-electron chi connectivity index (χ0n) is 13.9. The van der Waals surface area contributed by atoms with Crippen molar-refractivity contribution in [3.63, 3.8) is 0 Å². The minimum Gasteiger partial charge on any atom is -0.466 e. The van der Waals surface area contributed by atoms with Crippen molar-refractivity contribution in [3.8, 4) is 0 Å². The zero-order valence-corrected chi connectivity index (χ0v) is 13.9. The molecule has 0 fully saturated rings. The van der Waals surface area contributed by atoms with Crippen molar-refractivity contribution in [2.24, 2.45) is 5.92 Å². The lowest BCUT2D eigenvalue weighted by atomic mass is 10.1. The minimum atomic E-state index is -0.610. The molecule has 1 rings (SSSR count). The first kappa shape index (κ1) is 18.7. The number of carbonyl (C=O) groups excluding carboxylic acids is 3. The van der Waals surface area contributed by atoms with Gasteiger partial charge >= 0.3 is 11.9 Å². The van der Waals surface area contributed by atoms with Crippen molar-refractivity contribution in [2.75, 3.05) is 25.3 Å². The molecule has 0 bridgehead atoms. The van der Waals surface area contributed by atoms with Gasteiger partial charge in [-0.2, -0.15) is 0 Å². The van der Waals surface area contributed by atoms with Gasteiger partial charge in [0.05, 0.1) is 19.9 Å². The maximum Gasteiger partial charge on any atom is 0.358 e. The molecule has 0 atom stereocenters. The summed E-state index contributed by atoms with van der Waals surface area (Å²) in [5, 5.41) is 1.32. The summed E-state index contributed by atoms with van der Waals surface area (Å²) in [4.78, 5) is 39.6. The van der Waals surface area contributed by atoms with Gasteiger partial charge in [-0.1, -0.05) is 13.8 Å². The predicted octanol–water partition coefficient (Wildman–Crippen LogP) is 1.13. The molecule has 8 nitrogen and oxygen atoms in total. The maximum absolute atomic E-state index is 12.4. The van der Waals surface area contributed by atoms with E-state index in [0.29, 0.717) is 18.9 Å². The van der Waals surface area contributed by atoms with Gasteiger partial charge in [0.2, 0.25) is 0 Å². The van der Waals surface area contributed by atoms with Crippen LogP contribution in [-0.2, 0) is 19.1 Å². The highest BCUT2D eigenvalue weighted by Gasteiger charge is 2.24. The summed E-state index contributed by atoms with van der Waals surface area (Å²) in [6, 6.07) is 0. The Balaban J connectivity index is 3.00. The average molecular weight is 325 g/mol. The molecule has 0 unspecified atom stereocenters. The third kappa shape index (κ3) is 5.39. The molecule has 0 N–H and O–H groups in total. The third-order valence-corrected chi connectivity index (χ3v) is 3.08. The highest BCUT2D eigenvalue weighted by atomic mass is 16.5. The van der Waals surface area contributed by atoms with E-state index in [4.69, 9.17) is 4.74 Å². The van der Waals surface area contributed by atoms with Crippen LogP contribution in [0.1, 0.15) is 44.1 Å². The molecule has 23 heavy (non-hydrogen) atoms. The molecular weight excluding hydrogens is 302 g/mol. The number of nitrogens with zero attached hydrogens (tertiary/aromatic N) is 3. The van der Waals surface area contributed by atoms with Crippen LogP contribution in [0.25, 0.3) is 0 Å². The van der Waals surface area contributed by atoms with Gasteiger partial charge in [-0.25, -0.2) is 19.5 Å². The first-order valence-corrected chi connectivity index (χ1v) is 7.47. The number of methoxy groups -OCH3 is 1. The Kier molecular flexibility index (Phi) is 7.24. The number of esters is 2. The zero-order chi connectivity index (χ0) is 17.4. The molecule has 0 aromatic carbocycles. The Labute approximate surface area is 135 Å². The van der Waals surface area contributed by atoms with Gasteiger partial charge in [0, 0.05) is 6.54 Å². The van der Waals surface area contributed by atoms with Crippen molar-refractivity contribution < 1.29 is 23.9 Å². The minimum absolute atomic E-state index is 0.119. The van der Waals surface area contributed by atoms with Crippen LogP contribution in [0.4, 0.5) is 0 Å². The Morgan fingerprint density at radius 2 is 2.04 bits per heavy atom. The monoisotopic (exact) mass is 325 g/mol. The van der Waals surface area contributed by atoms with E-state index in [1.165, 1.54) is 29.3 Å². The largest absolute Gasteiger partial charge is 0.466 e. The second-order valence-electron chi connectivity index (χ2n) is 5.30. The van der Waals surface area contributed by atoms with E-state index in [2.05, 4.69) is 9.72 Å². The third-order valence-electron chi connectivity index (χ3n) is 3.08. The lowest BCUT2D eigenvalue weighted by molar-refractivity contribution is -0.145. The SMILES string of the molecule is CCOC(=O)CC(=O)N(CCC(C)C)n1cncc1C(=O)OC. The van der Waals surface area contributed by atoms with E-state index in [1.54, 1.807) is 6.92 Å². The number of ether oxygens (including phenoxy) is 2. The molecule has 8 heteroatoms. The molecule has 1 aromatic heterocycles. The smallest absolute Gasteiger partial charge is 0.358 e. The Morgan fingerprint density at radius 1 is 1.35 bits per heavy atom. The molecule has 1 aromatic rings. The fourth-order valence-corrected chi connectivity index (χ4v) is 1.89. The van der Waals surface area contributed by atoms with E-state index in [0.717, 1.165) is 0 Å². The van der Waals surface area contributed by atoms with Gasteiger partial charge in [0.1, 0.15) is 12.7 Å². The molecule has 0 spiro atoms. The average Bonchev–Trinajstić information content (AvgIpc) is 2.95. The van der Waals surface area contributed by atoms with E-state index >= 15 is 0 Å². The summed E-state index contributed by atoms with van der Waals surface area (Å²) in [6.07, 6.45) is 2.96.